The average molecular weight is 365 g/mol. The van der Waals surface area contributed by atoms with Crippen LogP contribution in [0.1, 0.15) is 46.5 Å². The van der Waals surface area contributed by atoms with E-state index in [1.54, 1.807) is 13.8 Å². The van der Waals surface area contributed by atoms with Crippen LogP contribution < -0.4 is 10.4 Å². The summed E-state index contributed by atoms with van der Waals surface area (Å²) in [6.45, 7) is 4.71. The Morgan fingerprint density at radius 3 is 2.78 bits per heavy atom. The molecule has 140 valence electrons. The molecule has 0 aliphatic carbocycles. The van der Waals surface area contributed by atoms with Crippen molar-refractivity contribution in [2.75, 3.05) is 13.1 Å². The highest BCUT2D eigenvalue weighted by Crippen LogP contribution is 2.37. The van der Waals surface area contributed by atoms with E-state index in [0.717, 1.165) is 30.6 Å². The van der Waals surface area contributed by atoms with Crippen LogP contribution in [-0.4, -0.2) is 29.5 Å². The van der Waals surface area contributed by atoms with Crippen molar-refractivity contribution >= 4 is 12.0 Å². The van der Waals surface area contributed by atoms with Crippen LogP contribution in [-0.2, 0) is 0 Å². The van der Waals surface area contributed by atoms with Gasteiger partial charge in [0.25, 0.3) is 5.91 Å². The number of aryl methyl sites for hydroxylation is 2. The van der Waals surface area contributed by atoms with Crippen molar-refractivity contribution < 1.29 is 13.9 Å². The molecule has 1 aromatic carbocycles. The molecule has 1 saturated heterocycles. The summed E-state index contributed by atoms with van der Waals surface area (Å²) in [7, 11) is 0. The molecule has 0 saturated carbocycles. The summed E-state index contributed by atoms with van der Waals surface area (Å²) in [5.41, 5.74) is 1.46. The van der Waals surface area contributed by atoms with Gasteiger partial charge in [-0.3, -0.25) is 4.79 Å². The molecule has 2 aliphatic heterocycles. The van der Waals surface area contributed by atoms with Crippen LogP contribution in [0, 0.1) is 13.8 Å². The fourth-order valence-electron chi connectivity index (χ4n) is 4.04. The first-order valence-corrected chi connectivity index (χ1v) is 9.35. The quantitative estimate of drug-likeness (QED) is 0.773. The number of benzene rings is 1. The Hall–Kier alpha value is -2.82. The molecule has 1 amide bonds. The van der Waals surface area contributed by atoms with E-state index in [9.17, 15) is 9.59 Å². The van der Waals surface area contributed by atoms with Gasteiger partial charge in [-0.1, -0.05) is 24.3 Å². The van der Waals surface area contributed by atoms with Gasteiger partial charge in [0.05, 0.1) is 5.56 Å². The zero-order valence-corrected chi connectivity index (χ0v) is 15.7. The third-order valence-electron chi connectivity index (χ3n) is 5.47. The zero-order chi connectivity index (χ0) is 19.0. The lowest BCUT2D eigenvalue weighted by molar-refractivity contribution is 0.0726. The van der Waals surface area contributed by atoms with Gasteiger partial charge in [0.2, 0.25) is 0 Å². The molecule has 4 rings (SSSR count). The number of hydrogen-bond acceptors (Lipinski definition) is 4. The van der Waals surface area contributed by atoms with Gasteiger partial charge in [0.1, 0.15) is 17.1 Å². The highest BCUT2D eigenvalue weighted by Gasteiger charge is 2.36. The molecule has 5 heteroatoms. The highest BCUT2D eigenvalue weighted by molar-refractivity contribution is 5.96. The Bertz CT molecular complexity index is 948. The van der Waals surface area contributed by atoms with Crippen LogP contribution in [0.25, 0.3) is 6.08 Å². The van der Waals surface area contributed by atoms with Crippen LogP contribution in [0.2, 0.25) is 0 Å². The van der Waals surface area contributed by atoms with Gasteiger partial charge in [-0.05, 0) is 44.4 Å². The van der Waals surface area contributed by atoms with Crippen molar-refractivity contribution in [2.24, 2.45) is 0 Å². The minimum absolute atomic E-state index is 0.0778. The second-order valence-electron chi connectivity index (χ2n) is 7.36. The number of ether oxygens (including phenoxy) is 1. The summed E-state index contributed by atoms with van der Waals surface area (Å²) in [6, 6.07) is 9.39. The van der Waals surface area contributed by atoms with E-state index in [1.165, 1.54) is 6.07 Å². The molecule has 1 atom stereocenters. The summed E-state index contributed by atoms with van der Waals surface area (Å²) in [4.78, 5) is 26.4. The summed E-state index contributed by atoms with van der Waals surface area (Å²) in [6.07, 6.45) is 6.72. The maximum Gasteiger partial charge on any atom is 0.336 e. The van der Waals surface area contributed by atoms with Gasteiger partial charge in [0, 0.05) is 31.1 Å². The van der Waals surface area contributed by atoms with E-state index in [1.807, 2.05) is 29.2 Å². The van der Waals surface area contributed by atoms with Crippen molar-refractivity contribution in [1.29, 1.82) is 0 Å². The first kappa shape index (κ1) is 17.6. The smallest absolute Gasteiger partial charge is 0.336 e. The molecule has 1 fully saturated rings. The van der Waals surface area contributed by atoms with E-state index >= 15 is 0 Å². The lowest BCUT2D eigenvalue weighted by Crippen LogP contribution is -2.38. The fourth-order valence-corrected chi connectivity index (χ4v) is 4.04. The largest absolute Gasteiger partial charge is 0.483 e. The van der Waals surface area contributed by atoms with Crippen molar-refractivity contribution in [2.45, 2.75) is 38.7 Å². The van der Waals surface area contributed by atoms with E-state index in [-0.39, 0.29) is 11.5 Å². The molecule has 27 heavy (non-hydrogen) atoms. The molecule has 2 aromatic rings. The average Bonchev–Trinajstić information content (AvgIpc) is 2.83. The van der Waals surface area contributed by atoms with Gasteiger partial charge in [-0.25, -0.2) is 4.79 Å². The SMILES string of the molecule is Cc1cc(=O)oc(C)c1C(=O)N1CCCC2(C=Cc3ccccc3O2)CC1. The number of carbonyl (C=O) groups excluding carboxylic acids is 1. The maximum absolute atomic E-state index is 13.1. The molecular formula is C22H23NO4. The first-order chi connectivity index (χ1) is 13.0. The first-order valence-electron chi connectivity index (χ1n) is 9.35. The molecule has 0 N–H and O–H groups in total. The number of likely N-dealkylation sites (tertiary alicyclic amines) is 1. The van der Waals surface area contributed by atoms with Crippen molar-refractivity contribution in [3.05, 3.63) is 69.3 Å². The summed E-state index contributed by atoms with van der Waals surface area (Å²) < 4.78 is 11.5. The van der Waals surface area contributed by atoms with Crippen LogP contribution in [0.4, 0.5) is 0 Å². The standard InChI is InChI=1S/C22H23NO4/c1-15-14-19(24)26-16(2)20(15)21(25)23-12-5-9-22(11-13-23)10-8-17-6-3-4-7-18(17)27-22/h3-4,6-8,10,14H,5,9,11-13H2,1-2H3. The third-order valence-corrected chi connectivity index (χ3v) is 5.47. The minimum atomic E-state index is -0.421. The number of amides is 1. The third kappa shape index (κ3) is 3.29. The second kappa shape index (κ2) is 6.72. The topological polar surface area (TPSA) is 59.8 Å². The lowest BCUT2D eigenvalue weighted by Gasteiger charge is -2.34. The lowest BCUT2D eigenvalue weighted by atomic mass is 9.91. The normalized spacial score (nSPS) is 21.5. The van der Waals surface area contributed by atoms with E-state index in [4.69, 9.17) is 9.15 Å². The van der Waals surface area contributed by atoms with Gasteiger partial charge < -0.3 is 14.1 Å². The predicted octanol–water partition coefficient (Wildman–Crippen LogP) is 3.73. The molecule has 0 radical (unpaired) electrons. The highest BCUT2D eigenvalue weighted by atomic mass is 16.5. The number of nitrogens with zero attached hydrogens (tertiary/aromatic N) is 1. The molecule has 5 nitrogen and oxygen atoms in total. The summed E-state index contributed by atoms with van der Waals surface area (Å²) >= 11 is 0. The molecule has 1 aromatic heterocycles. The Balaban J connectivity index is 1.55. The van der Waals surface area contributed by atoms with E-state index < -0.39 is 5.63 Å². The van der Waals surface area contributed by atoms with Gasteiger partial charge in [-0.2, -0.15) is 0 Å². The molecule has 0 bridgehead atoms. The molecule has 1 spiro atoms. The Morgan fingerprint density at radius 1 is 1.15 bits per heavy atom. The minimum Gasteiger partial charge on any atom is -0.483 e. The van der Waals surface area contributed by atoms with Crippen molar-refractivity contribution in [3.8, 4) is 5.75 Å². The summed E-state index contributed by atoms with van der Waals surface area (Å²) in [5.74, 6) is 1.20. The number of para-hydroxylation sites is 1. The van der Waals surface area contributed by atoms with Gasteiger partial charge in [0.15, 0.2) is 0 Å². The molecular weight excluding hydrogens is 342 g/mol. The number of rotatable bonds is 1. The molecule has 1 unspecified atom stereocenters. The monoisotopic (exact) mass is 365 g/mol. The van der Waals surface area contributed by atoms with Crippen LogP contribution in [0.15, 0.2) is 45.6 Å². The molecule has 2 aliphatic rings. The number of carbonyl (C=O) groups is 1. The Kier molecular flexibility index (Phi) is 4.38. The van der Waals surface area contributed by atoms with Crippen molar-refractivity contribution in [1.82, 2.24) is 4.90 Å². The number of hydrogen-bond donors (Lipinski definition) is 0. The van der Waals surface area contributed by atoms with E-state index in [0.29, 0.717) is 30.0 Å². The Morgan fingerprint density at radius 2 is 1.96 bits per heavy atom. The van der Waals surface area contributed by atoms with Crippen LogP contribution in [0.3, 0.4) is 0 Å². The summed E-state index contributed by atoms with van der Waals surface area (Å²) in [5, 5.41) is 0. The van der Waals surface area contributed by atoms with Crippen molar-refractivity contribution in [3.63, 3.8) is 0 Å². The van der Waals surface area contributed by atoms with E-state index in [2.05, 4.69) is 12.2 Å². The van der Waals surface area contributed by atoms with Crippen LogP contribution >= 0.6 is 0 Å². The van der Waals surface area contributed by atoms with Crippen LogP contribution in [0.5, 0.6) is 5.75 Å². The second-order valence-corrected chi connectivity index (χ2v) is 7.36. The zero-order valence-electron chi connectivity index (χ0n) is 15.7. The van der Waals surface area contributed by atoms with Gasteiger partial charge in [-0.15, -0.1) is 0 Å². The number of fused-ring (bicyclic) bond motifs is 1. The fraction of sp³-hybridized carbons (Fsp3) is 0.364. The maximum atomic E-state index is 13.1. The molecule has 3 heterocycles. The van der Waals surface area contributed by atoms with Gasteiger partial charge >= 0.3 is 5.63 Å². The Labute approximate surface area is 158 Å². The predicted molar refractivity (Wildman–Crippen MR) is 103 cm³/mol.